The molecule has 2 aliphatic rings. The average molecular weight is 353 g/mol. The highest BCUT2D eigenvalue weighted by molar-refractivity contribution is 5.85. The summed E-state index contributed by atoms with van der Waals surface area (Å²) in [5, 5.41) is 9.41. The first-order valence-electron chi connectivity index (χ1n) is 8.44. The van der Waals surface area contributed by atoms with Crippen LogP contribution in [0, 0.1) is 0 Å². The largest absolute Gasteiger partial charge is 0.479 e. The Balaban J connectivity index is 1.53. The molecule has 1 amide bonds. The molecule has 0 radical (unpaired) electrons. The summed E-state index contributed by atoms with van der Waals surface area (Å²) in [4.78, 5) is 25.1. The minimum atomic E-state index is -1.33. The van der Waals surface area contributed by atoms with E-state index < -0.39 is 17.6 Å². The number of carbonyl (C=O) groups excluding carboxylic acids is 1. The van der Waals surface area contributed by atoms with Crippen molar-refractivity contribution in [2.75, 3.05) is 26.9 Å². The van der Waals surface area contributed by atoms with Crippen LogP contribution >= 0.6 is 0 Å². The Morgan fingerprint density at radius 2 is 1.65 bits per heavy atom. The van der Waals surface area contributed by atoms with Crippen LogP contribution in [0.15, 0.2) is 48.5 Å². The van der Waals surface area contributed by atoms with Gasteiger partial charge in [-0.25, -0.2) is 9.59 Å². The monoisotopic (exact) mass is 353 g/mol. The molecule has 6 nitrogen and oxygen atoms in total. The van der Waals surface area contributed by atoms with E-state index in [1.165, 1.54) is 7.05 Å². The van der Waals surface area contributed by atoms with Crippen molar-refractivity contribution in [3.05, 3.63) is 59.7 Å². The number of carbonyl (C=O) groups is 2. The van der Waals surface area contributed by atoms with Gasteiger partial charge in [-0.3, -0.25) is 4.90 Å². The minimum absolute atomic E-state index is 0.0248. The van der Waals surface area contributed by atoms with Crippen molar-refractivity contribution >= 4 is 12.1 Å². The van der Waals surface area contributed by atoms with Crippen LogP contribution in [-0.4, -0.2) is 54.5 Å². The van der Waals surface area contributed by atoms with Gasteiger partial charge in [0.25, 0.3) is 0 Å². The fraction of sp³-hybridized carbons (Fsp3) is 0.300. The molecule has 1 aliphatic carbocycles. The lowest BCUT2D eigenvalue weighted by molar-refractivity contribution is -0.180. The number of likely N-dealkylation sites (N-methyl/N-ethyl adjacent to an activating group) is 1. The first-order valence-corrected chi connectivity index (χ1v) is 8.44. The fourth-order valence-corrected chi connectivity index (χ4v) is 3.62. The summed E-state index contributed by atoms with van der Waals surface area (Å²) < 4.78 is 10.5. The molecule has 4 rings (SSSR count). The lowest BCUT2D eigenvalue weighted by Crippen LogP contribution is -2.67. The van der Waals surface area contributed by atoms with Gasteiger partial charge in [-0.15, -0.1) is 0 Å². The third-order valence-electron chi connectivity index (χ3n) is 5.33. The van der Waals surface area contributed by atoms with Crippen molar-refractivity contribution < 1.29 is 24.2 Å². The normalized spacial score (nSPS) is 17.0. The lowest BCUT2D eigenvalue weighted by Gasteiger charge is -2.43. The molecule has 1 aliphatic heterocycles. The highest BCUT2D eigenvalue weighted by Crippen LogP contribution is 2.44. The van der Waals surface area contributed by atoms with Crippen molar-refractivity contribution in [2.45, 2.75) is 11.5 Å². The Morgan fingerprint density at radius 3 is 2.12 bits per heavy atom. The Labute approximate surface area is 151 Å². The molecule has 0 bridgehead atoms. The molecule has 2 aromatic carbocycles. The number of ether oxygens (including phenoxy) is 2. The Morgan fingerprint density at radius 1 is 1.12 bits per heavy atom. The molecular weight excluding hydrogens is 334 g/mol. The molecule has 0 aromatic heterocycles. The van der Waals surface area contributed by atoms with Crippen LogP contribution in [-0.2, 0) is 14.3 Å². The van der Waals surface area contributed by atoms with Crippen LogP contribution in [0.3, 0.4) is 0 Å². The fourth-order valence-electron chi connectivity index (χ4n) is 3.62. The van der Waals surface area contributed by atoms with Crippen molar-refractivity contribution in [3.8, 4) is 11.1 Å². The van der Waals surface area contributed by atoms with E-state index in [1.54, 1.807) is 0 Å². The van der Waals surface area contributed by atoms with Gasteiger partial charge in [-0.2, -0.15) is 0 Å². The lowest BCUT2D eigenvalue weighted by atomic mass is 9.96. The Bertz CT molecular complexity index is 829. The number of hydrogen-bond donors (Lipinski definition) is 1. The van der Waals surface area contributed by atoms with Gasteiger partial charge in [-0.1, -0.05) is 48.5 Å². The Kier molecular flexibility index (Phi) is 3.92. The first kappa shape index (κ1) is 16.6. The van der Waals surface area contributed by atoms with E-state index >= 15 is 0 Å². The van der Waals surface area contributed by atoms with Gasteiger partial charge in [0.05, 0.1) is 13.2 Å². The summed E-state index contributed by atoms with van der Waals surface area (Å²) in [5.41, 5.74) is 3.19. The van der Waals surface area contributed by atoms with Gasteiger partial charge < -0.3 is 14.6 Å². The number of hydrogen-bond acceptors (Lipinski definition) is 4. The summed E-state index contributed by atoms with van der Waals surface area (Å²) >= 11 is 0. The van der Waals surface area contributed by atoms with Crippen LogP contribution < -0.4 is 0 Å². The van der Waals surface area contributed by atoms with Gasteiger partial charge in [0.2, 0.25) is 0 Å². The van der Waals surface area contributed by atoms with E-state index in [4.69, 9.17) is 9.47 Å². The molecule has 1 fully saturated rings. The summed E-state index contributed by atoms with van der Waals surface area (Å²) in [5.74, 6) is -1.14. The van der Waals surface area contributed by atoms with Gasteiger partial charge in [0.1, 0.15) is 6.61 Å². The molecule has 1 heterocycles. The maximum Gasteiger partial charge on any atom is 0.410 e. The second kappa shape index (κ2) is 6.14. The topological polar surface area (TPSA) is 76.1 Å². The van der Waals surface area contributed by atoms with E-state index in [-0.39, 0.29) is 25.7 Å². The molecule has 0 atom stereocenters. The van der Waals surface area contributed by atoms with Crippen LogP contribution in [0.5, 0.6) is 0 Å². The number of benzene rings is 2. The van der Waals surface area contributed by atoms with Crippen LogP contribution in [0.1, 0.15) is 17.0 Å². The zero-order valence-corrected chi connectivity index (χ0v) is 14.3. The summed E-state index contributed by atoms with van der Waals surface area (Å²) in [6, 6.07) is 16.1. The molecular formula is C20H19NO5. The molecule has 6 heteroatoms. The second-order valence-corrected chi connectivity index (χ2v) is 6.69. The SMILES string of the molecule is CN(C(=O)OCC1c2ccccc2-c2ccccc21)C1(C(=O)O)COC1. The van der Waals surface area contributed by atoms with Crippen LogP contribution in [0.2, 0.25) is 0 Å². The summed E-state index contributed by atoms with van der Waals surface area (Å²) in [6.45, 7) is 0.111. The van der Waals surface area contributed by atoms with E-state index in [0.29, 0.717) is 0 Å². The standard InChI is InChI=1S/C20H19NO5/c1-21(20(18(22)23)11-25-12-20)19(24)26-10-17-15-8-4-2-6-13(15)14-7-3-5-9-16(14)17/h2-9,17H,10-12H2,1H3,(H,22,23). The third-order valence-corrected chi connectivity index (χ3v) is 5.33. The van der Waals surface area contributed by atoms with Gasteiger partial charge in [0.15, 0.2) is 5.54 Å². The number of rotatable bonds is 4. The molecule has 2 aromatic rings. The average Bonchev–Trinajstić information content (AvgIpc) is 2.92. The minimum Gasteiger partial charge on any atom is -0.479 e. The molecule has 0 saturated carbocycles. The number of carboxylic acids is 1. The molecule has 1 N–H and O–H groups in total. The maximum atomic E-state index is 12.5. The molecule has 0 spiro atoms. The highest BCUT2D eigenvalue weighted by atomic mass is 16.6. The number of aliphatic carboxylic acids is 1. The van der Waals surface area contributed by atoms with Gasteiger partial charge in [-0.05, 0) is 22.3 Å². The quantitative estimate of drug-likeness (QED) is 0.915. The van der Waals surface area contributed by atoms with E-state index in [9.17, 15) is 14.7 Å². The Hall–Kier alpha value is -2.86. The molecule has 1 saturated heterocycles. The zero-order valence-electron chi connectivity index (χ0n) is 14.3. The van der Waals surface area contributed by atoms with Crippen molar-refractivity contribution in [3.63, 3.8) is 0 Å². The maximum absolute atomic E-state index is 12.5. The molecule has 0 unspecified atom stereocenters. The van der Waals surface area contributed by atoms with E-state index in [1.807, 2.05) is 36.4 Å². The predicted molar refractivity (Wildman–Crippen MR) is 94.0 cm³/mol. The van der Waals surface area contributed by atoms with Crippen molar-refractivity contribution in [2.24, 2.45) is 0 Å². The second-order valence-electron chi connectivity index (χ2n) is 6.69. The predicted octanol–water partition coefficient (Wildman–Crippen LogP) is 2.72. The van der Waals surface area contributed by atoms with Crippen molar-refractivity contribution in [1.82, 2.24) is 4.90 Å². The third kappa shape index (κ3) is 2.37. The summed E-state index contributed by atoms with van der Waals surface area (Å²) in [7, 11) is 1.44. The molecule has 134 valence electrons. The summed E-state index contributed by atoms with van der Waals surface area (Å²) in [6.07, 6.45) is -0.655. The smallest absolute Gasteiger partial charge is 0.410 e. The van der Waals surface area contributed by atoms with Gasteiger partial charge in [0, 0.05) is 13.0 Å². The number of nitrogens with zero attached hydrogens (tertiary/aromatic N) is 1. The highest BCUT2D eigenvalue weighted by Gasteiger charge is 2.52. The van der Waals surface area contributed by atoms with E-state index in [2.05, 4.69) is 12.1 Å². The van der Waals surface area contributed by atoms with Crippen LogP contribution in [0.4, 0.5) is 4.79 Å². The number of carboxylic acid groups (broad SMARTS) is 1. The van der Waals surface area contributed by atoms with E-state index in [0.717, 1.165) is 27.2 Å². The van der Waals surface area contributed by atoms with Gasteiger partial charge >= 0.3 is 12.1 Å². The number of amides is 1. The van der Waals surface area contributed by atoms with Crippen LogP contribution in [0.25, 0.3) is 11.1 Å². The first-order chi connectivity index (χ1) is 12.5. The molecule has 26 heavy (non-hydrogen) atoms. The zero-order chi connectivity index (χ0) is 18.3. The van der Waals surface area contributed by atoms with Crippen molar-refractivity contribution in [1.29, 1.82) is 0 Å². The number of fused-ring (bicyclic) bond motifs is 3.